The van der Waals surface area contributed by atoms with E-state index in [0.29, 0.717) is 11.5 Å². The molecule has 4 heteroatoms. The summed E-state index contributed by atoms with van der Waals surface area (Å²) in [7, 11) is 0. The third-order valence-corrected chi connectivity index (χ3v) is 5.38. The number of thiophene rings is 1. The van der Waals surface area contributed by atoms with Crippen LogP contribution in [0.15, 0.2) is 6.07 Å². The zero-order valence-corrected chi connectivity index (χ0v) is 12.8. The van der Waals surface area contributed by atoms with Crippen LogP contribution in [0.5, 0.6) is 0 Å². The smallest absolute Gasteiger partial charge is 0.0991 e. The van der Waals surface area contributed by atoms with E-state index in [2.05, 4.69) is 26.1 Å². The monoisotopic (exact) mass is 291 g/mol. The zero-order valence-electron chi connectivity index (χ0n) is 10.5. The van der Waals surface area contributed by atoms with E-state index in [4.69, 9.17) is 23.2 Å². The molecule has 1 aromatic heterocycles. The van der Waals surface area contributed by atoms with Crippen LogP contribution in [0, 0.1) is 5.41 Å². The highest BCUT2D eigenvalue weighted by Gasteiger charge is 2.35. The molecule has 0 spiro atoms. The summed E-state index contributed by atoms with van der Waals surface area (Å²) in [4.78, 5) is 0. The van der Waals surface area contributed by atoms with Gasteiger partial charge in [0.25, 0.3) is 0 Å². The molecule has 0 aromatic carbocycles. The molecule has 1 heterocycles. The Labute approximate surface area is 118 Å². The molecule has 1 nitrogen and oxygen atoms in total. The minimum atomic E-state index is 0.272. The minimum absolute atomic E-state index is 0.272. The fourth-order valence-corrected chi connectivity index (χ4v) is 4.32. The Morgan fingerprint density at radius 1 is 1.47 bits per heavy atom. The van der Waals surface area contributed by atoms with Crippen molar-refractivity contribution in [3.8, 4) is 0 Å². The van der Waals surface area contributed by atoms with Crippen molar-refractivity contribution in [3.63, 3.8) is 0 Å². The van der Waals surface area contributed by atoms with Crippen LogP contribution in [0.4, 0.5) is 0 Å². The van der Waals surface area contributed by atoms with Crippen molar-refractivity contribution in [2.75, 3.05) is 0 Å². The fraction of sp³-hybridized carbons (Fsp3) is 0.692. The summed E-state index contributed by atoms with van der Waals surface area (Å²) in [5, 5.41) is 3.70. The Balaban J connectivity index is 2.07. The lowest BCUT2D eigenvalue weighted by molar-refractivity contribution is 0.266. The van der Waals surface area contributed by atoms with Gasteiger partial charge in [0.2, 0.25) is 0 Å². The van der Waals surface area contributed by atoms with Gasteiger partial charge in [0, 0.05) is 12.1 Å². The highest BCUT2D eigenvalue weighted by Crippen LogP contribution is 2.40. The molecule has 2 atom stereocenters. The average Bonchev–Trinajstić information content (AvgIpc) is 2.70. The van der Waals surface area contributed by atoms with Gasteiger partial charge >= 0.3 is 0 Å². The van der Waals surface area contributed by atoms with Gasteiger partial charge in [0.1, 0.15) is 0 Å². The summed E-state index contributed by atoms with van der Waals surface area (Å²) in [6, 6.07) is 2.83. The van der Waals surface area contributed by atoms with E-state index in [1.807, 2.05) is 6.07 Å². The SMILES string of the molecule is CC(NC1CCCC1(C)C)c1cc(Cl)sc1Cl. The maximum Gasteiger partial charge on any atom is 0.0991 e. The lowest BCUT2D eigenvalue weighted by Crippen LogP contribution is -2.39. The van der Waals surface area contributed by atoms with Crippen LogP contribution in [0.1, 0.15) is 51.6 Å². The molecule has 2 rings (SSSR count). The van der Waals surface area contributed by atoms with Gasteiger partial charge in [-0.2, -0.15) is 0 Å². The van der Waals surface area contributed by atoms with Gasteiger partial charge in [0.15, 0.2) is 0 Å². The van der Waals surface area contributed by atoms with Crippen molar-refractivity contribution in [2.24, 2.45) is 5.41 Å². The number of nitrogens with one attached hydrogen (secondary N) is 1. The van der Waals surface area contributed by atoms with Gasteiger partial charge in [0.05, 0.1) is 8.67 Å². The zero-order chi connectivity index (χ0) is 12.6. The second kappa shape index (κ2) is 5.08. The first-order chi connectivity index (χ1) is 7.90. The van der Waals surface area contributed by atoms with Crippen LogP contribution in [0.2, 0.25) is 8.67 Å². The molecule has 1 aliphatic carbocycles. The van der Waals surface area contributed by atoms with E-state index < -0.39 is 0 Å². The molecular formula is C13H19Cl2NS. The van der Waals surface area contributed by atoms with Crippen LogP contribution in [-0.4, -0.2) is 6.04 Å². The first-order valence-corrected chi connectivity index (χ1v) is 7.68. The third kappa shape index (κ3) is 2.98. The molecule has 1 aromatic rings. The molecule has 0 aliphatic heterocycles. The summed E-state index contributed by atoms with van der Waals surface area (Å²) in [5.74, 6) is 0. The van der Waals surface area contributed by atoms with Crippen LogP contribution in [0.25, 0.3) is 0 Å². The molecule has 17 heavy (non-hydrogen) atoms. The highest BCUT2D eigenvalue weighted by atomic mass is 35.5. The fourth-order valence-electron chi connectivity index (χ4n) is 2.68. The van der Waals surface area contributed by atoms with Gasteiger partial charge in [-0.3, -0.25) is 0 Å². The van der Waals surface area contributed by atoms with Gasteiger partial charge in [-0.15, -0.1) is 11.3 Å². The molecule has 0 radical (unpaired) electrons. The predicted octanol–water partition coefficient (Wildman–Crippen LogP) is 5.28. The first kappa shape index (κ1) is 13.7. The van der Waals surface area contributed by atoms with Crippen molar-refractivity contribution < 1.29 is 0 Å². The molecule has 0 amide bonds. The molecule has 0 bridgehead atoms. The van der Waals surface area contributed by atoms with Gasteiger partial charge in [-0.25, -0.2) is 0 Å². The molecule has 2 unspecified atom stereocenters. The standard InChI is InChI=1S/C13H19Cl2NS/c1-8(9-7-11(14)17-12(9)15)16-10-5-4-6-13(10,2)3/h7-8,10,16H,4-6H2,1-3H3. The van der Waals surface area contributed by atoms with Crippen molar-refractivity contribution in [2.45, 2.75) is 52.1 Å². The Morgan fingerprint density at radius 3 is 2.65 bits per heavy atom. The van der Waals surface area contributed by atoms with E-state index >= 15 is 0 Å². The van der Waals surface area contributed by atoms with Crippen LogP contribution < -0.4 is 5.32 Å². The minimum Gasteiger partial charge on any atom is -0.307 e. The van der Waals surface area contributed by atoms with Crippen LogP contribution in [0.3, 0.4) is 0 Å². The summed E-state index contributed by atoms with van der Waals surface area (Å²) < 4.78 is 1.58. The van der Waals surface area contributed by atoms with E-state index in [-0.39, 0.29) is 6.04 Å². The van der Waals surface area contributed by atoms with E-state index in [9.17, 15) is 0 Å². The first-order valence-electron chi connectivity index (χ1n) is 6.11. The highest BCUT2D eigenvalue weighted by molar-refractivity contribution is 7.20. The molecule has 1 saturated carbocycles. The van der Waals surface area contributed by atoms with Crippen molar-refractivity contribution >= 4 is 34.5 Å². The van der Waals surface area contributed by atoms with Crippen molar-refractivity contribution in [1.82, 2.24) is 5.32 Å². The number of rotatable bonds is 3. The molecule has 1 aliphatic rings. The molecule has 96 valence electrons. The summed E-state index contributed by atoms with van der Waals surface area (Å²) >= 11 is 13.6. The lowest BCUT2D eigenvalue weighted by atomic mass is 9.87. The van der Waals surface area contributed by atoms with Gasteiger partial charge in [-0.05, 0) is 36.8 Å². The lowest BCUT2D eigenvalue weighted by Gasteiger charge is -2.30. The number of hydrogen-bond donors (Lipinski definition) is 1. The largest absolute Gasteiger partial charge is 0.307 e. The Hall–Kier alpha value is 0.240. The maximum atomic E-state index is 6.19. The summed E-state index contributed by atoms with van der Waals surface area (Å²) in [6.45, 7) is 6.85. The van der Waals surface area contributed by atoms with Gasteiger partial charge < -0.3 is 5.32 Å². The topological polar surface area (TPSA) is 12.0 Å². The Bertz CT molecular complexity index is 400. The third-order valence-electron chi connectivity index (χ3n) is 3.86. The van der Waals surface area contributed by atoms with E-state index in [1.54, 1.807) is 0 Å². The van der Waals surface area contributed by atoms with Crippen molar-refractivity contribution in [1.29, 1.82) is 0 Å². The second-order valence-electron chi connectivity index (χ2n) is 5.60. The molecule has 1 fully saturated rings. The Kier molecular flexibility index (Phi) is 4.09. The normalized spacial score (nSPS) is 25.1. The quantitative estimate of drug-likeness (QED) is 0.798. The second-order valence-corrected chi connectivity index (χ2v) is 7.89. The molecule has 0 saturated heterocycles. The van der Waals surface area contributed by atoms with Crippen molar-refractivity contribution in [3.05, 3.63) is 20.3 Å². The average molecular weight is 292 g/mol. The molecular weight excluding hydrogens is 273 g/mol. The number of halogens is 2. The predicted molar refractivity (Wildman–Crippen MR) is 77.3 cm³/mol. The summed E-state index contributed by atoms with van der Waals surface area (Å²) in [5.41, 5.74) is 1.52. The van der Waals surface area contributed by atoms with Gasteiger partial charge in [-0.1, -0.05) is 43.5 Å². The maximum absolute atomic E-state index is 6.19. The van der Waals surface area contributed by atoms with Crippen LogP contribution >= 0.6 is 34.5 Å². The van der Waals surface area contributed by atoms with E-state index in [0.717, 1.165) is 14.2 Å². The summed E-state index contributed by atoms with van der Waals surface area (Å²) in [6.07, 6.45) is 3.87. The van der Waals surface area contributed by atoms with E-state index in [1.165, 1.54) is 30.6 Å². The van der Waals surface area contributed by atoms with Crippen LogP contribution in [-0.2, 0) is 0 Å². The number of hydrogen-bond acceptors (Lipinski definition) is 2. The Morgan fingerprint density at radius 2 is 2.18 bits per heavy atom. The molecule has 1 N–H and O–H groups in total.